The van der Waals surface area contributed by atoms with Gasteiger partial charge in [0.15, 0.2) is 0 Å². The Bertz CT molecular complexity index is 1630. The van der Waals surface area contributed by atoms with E-state index >= 15 is 0 Å². The molecule has 0 fully saturated rings. The molecule has 4 aromatic rings. The maximum Gasteiger partial charge on any atom is 0.264 e. The lowest BCUT2D eigenvalue weighted by molar-refractivity contribution is -0.140. The second-order valence-electron chi connectivity index (χ2n) is 10.9. The van der Waals surface area contributed by atoms with Crippen molar-refractivity contribution in [2.75, 3.05) is 18.0 Å². The van der Waals surface area contributed by atoms with Crippen LogP contribution in [0.25, 0.3) is 0 Å². The van der Waals surface area contributed by atoms with E-state index in [-0.39, 0.29) is 29.8 Å². The summed E-state index contributed by atoms with van der Waals surface area (Å²) in [5, 5.41) is 2.97. The lowest BCUT2D eigenvalue weighted by Gasteiger charge is -2.34. The molecule has 0 bridgehead atoms. The van der Waals surface area contributed by atoms with Crippen LogP contribution in [0.2, 0.25) is 0 Å². The first-order valence-electron chi connectivity index (χ1n) is 14.5. The summed E-state index contributed by atoms with van der Waals surface area (Å²) in [5.41, 5.74) is 3.09. The highest BCUT2D eigenvalue weighted by Crippen LogP contribution is 2.26. The van der Waals surface area contributed by atoms with Crippen LogP contribution in [0.3, 0.4) is 0 Å². The molecule has 0 aliphatic rings. The van der Waals surface area contributed by atoms with Crippen molar-refractivity contribution >= 4 is 27.5 Å². The van der Waals surface area contributed by atoms with Crippen molar-refractivity contribution in [1.29, 1.82) is 0 Å². The zero-order valence-corrected chi connectivity index (χ0v) is 26.3. The van der Waals surface area contributed by atoms with Crippen LogP contribution in [-0.4, -0.2) is 50.9 Å². The van der Waals surface area contributed by atoms with Crippen molar-refractivity contribution in [3.8, 4) is 5.75 Å². The van der Waals surface area contributed by atoms with Gasteiger partial charge < -0.3 is 15.0 Å². The van der Waals surface area contributed by atoms with E-state index in [1.54, 1.807) is 42.5 Å². The van der Waals surface area contributed by atoms with Crippen LogP contribution in [0, 0.1) is 6.92 Å². The summed E-state index contributed by atoms with van der Waals surface area (Å²) >= 11 is 0. The average molecular weight is 614 g/mol. The molecule has 8 nitrogen and oxygen atoms in total. The molecule has 1 unspecified atom stereocenters. The van der Waals surface area contributed by atoms with E-state index in [9.17, 15) is 18.0 Å². The third-order valence-corrected chi connectivity index (χ3v) is 8.93. The fourth-order valence-electron chi connectivity index (χ4n) is 4.82. The first-order chi connectivity index (χ1) is 21.1. The number of nitrogens with zero attached hydrogens (tertiary/aromatic N) is 2. The van der Waals surface area contributed by atoms with Gasteiger partial charge in [-0.15, -0.1) is 0 Å². The maximum atomic E-state index is 14.4. The van der Waals surface area contributed by atoms with Crippen LogP contribution in [0.1, 0.15) is 30.5 Å². The Kier molecular flexibility index (Phi) is 10.8. The average Bonchev–Trinajstić information content (AvgIpc) is 3.02. The minimum atomic E-state index is -4.18. The van der Waals surface area contributed by atoms with Crippen molar-refractivity contribution < 1.29 is 22.7 Å². The molecule has 0 aliphatic carbocycles. The molecule has 0 saturated carbocycles. The predicted octanol–water partition coefficient (Wildman–Crippen LogP) is 5.36. The van der Waals surface area contributed by atoms with Crippen molar-refractivity contribution in [2.24, 2.45) is 0 Å². The second-order valence-corrected chi connectivity index (χ2v) is 12.8. The Labute approximate surface area is 260 Å². The first kappa shape index (κ1) is 32.3. The van der Waals surface area contributed by atoms with E-state index < -0.39 is 28.5 Å². The molecule has 44 heavy (non-hydrogen) atoms. The van der Waals surface area contributed by atoms with Gasteiger partial charge in [0, 0.05) is 19.0 Å². The summed E-state index contributed by atoms with van der Waals surface area (Å²) in [7, 11) is -2.68. The largest absolute Gasteiger partial charge is 0.497 e. The van der Waals surface area contributed by atoms with Gasteiger partial charge in [-0.25, -0.2) is 8.42 Å². The standard InChI is InChI=1S/C35H39N3O5S/c1-26(2)36-35(40)33(23-28-11-7-5-8-12-28)37(24-29-17-15-27(3)16-18-29)34(39)25-38(30-13-9-6-10-14-30)44(41,42)32-21-19-31(43-4)20-22-32/h5-22,26,33H,23-25H2,1-4H3,(H,36,40). The molecule has 0 radical (unpaired) electrons. The van der Waals surface area contributed by atoms with E-state index in [0.29, 0.717) is 11.4 Å². The zero-order valence-electron chi connectivity index (χ0n) is 25.5. The highest BCUT2D eigenvalue weighted by Gasteiger charge is 2.34. The van der Waals surface area contributed by atoms with E-state index in [4.69, 9.17) is 4.74 Å². The number of hydrogen-bond acceptors (Lipinski definition) is 5. The van der Waals surface area contributed by atoms with Crippen LogP contribution in [0.15, 0.2) is 114 Å². The molecule has 4 rings (SSSR count). The summed E-state index contributed by atoms with van der Waals surface area (Å²) < 4.78 is 34.4. The van der Waals surface area contributed by atoms with Crippen molar-refractivity contribution in [3.05, 3.63) is 126 Å². The Hall–Kier alpha value is -4.63. The Balaban J connectivity index is 1.78. The Morgan fingerprint density at radius 2 is 1.39 bits per heavy atom. The predicted molar refractivity (Wildman–Crippen MR) is 173 cm³/mol. The number of para-hydroxylation sites is 1. The zero-order chi connectivity index (χ0) is 31.7. The molecule has 4 aromatic carbocycles. The quantitative estimate of drug-likeness (QED) is 0.219. The third-order valence-electron chi connectivity index (χ3n) is 7.15. The van der Waals surface area contributed by atoms with Gasteiger partial charge in [0.2, 0.25) is 11.8 Å². The normalized spacial score (nSPS) is 11.9. The monoisotopic (exact) mass is 613 g/mol. The molecule has 1 atom stereocenters. The number of aryl methyl sites for hydroxylation is 1. The number of nitrogens with one attached hydrogen (secondary N) is 1. The number of carbonyl (C=O) groups is 2. The number of benzene rings is 4. The summed E-state index contributed by atoms with van der Waals surface area (Å²) in [4.78, 5) is 29.7. The molecule has 0 heterocycles. The van der Waals surface area contributed by atoms with Crippen LogP contribution < -0.4 is 14.4 Å². The van der Waals surface area contributed by atoms with Crippen molar-refractivity contribution in [2.45, 2.75) is 50.7 Å². The minimum Gasteiger partial charge on any atom is -0.497 e. The molecule has 0 saturated heterocycles. The molecule has 2 amide bonds. The number of carbonyl (C=O) groups excluding carboxylic acids is 2. The molecular weight excluding hydrogens is 574 g/mol. The van der Waals surface area contributed by atoms with Crippen LogP contribution in [-0.2, 0) is 32.6 Å². The molecule has 1 N–H and O–H groups in total. The number of anilines is 1. The summed E-state index contributed by atoms with van der Waals surface area (Å²) in [6, 6.07) is 30.7. The van der Waals surface area contributed by atoms with Gasteiger partial charge in [-0.2, -0.15) is 0 Å². The lowest BCUT2D eigenvalue weighted by atomic mass is 10.0. The van der Waals surface area contributed by atoms with Gasteiger partial charge >= 0.3 is 0 Å². The number of rotatable bonds is 13. The van der Waals surface area contributed by atoms with Crippen LogP contribution in [0.5, 0.6) is 5.75 Å². The molecule has 0 spiro atoms. The van der Waals surface area contributed by atoms with Gasteiger partial charge in [0.25, 0.3) is 10.0 Å². The molecule has 230 valence electrons. The van der Waals surface area contributed by atoms with E-state index in [1.807, 2.05) is 75.4 Å². The fourth-order valence-corrected chi connectivity index (χ4v) is 6.24. The van der Waals surface area contributed by atoms with Gasteiger partial charge in [-0.1, -0.05) is 78.4 Å². The highest BCUT2D eigenvalue weighted by atomic mass is 32.2. The number of methoxy groups -OCH3 is 1. The van der Waals surface area contributed by atoms with Gasteiger partial charge in [0.1, 0.15) is 18.3 Å². The topological polar surface area (TPSA) is 96.0 Å². The van der Waals surface area contributed by atoms with Gasteiger partial charge in [-0.3, -0.25) is 13.9 Å². The van der Waals surface area contributed by atoms with Gasteiger partial charge in [-0.05, 0) is 68.3 Å². The molecular formula is C35H39N3O5S. The second kappa shape index (κ2) is 14.7. The first-order valence-corrected chi connectivity index (χ1v) is 15.9. The summed E-state index contributed by atoms with van der Waals surface area (Å²) in [5.74, 6) is -0.310. The number of ether oxygens (including phenoxy) is 1. The molecule has 0 aromatic heterocycles. The smallest absolute Gasteiger partial charge is 0.264 e. The van der Waals surface area contributed by atoms with E-state index in [1.165, 1.54) is 24.1 Å². The fraction of sp³-hybridized carbons (Fsp3) is 0.257. The third kappa shape index (κ3) is 8.26. The van der Waals surface area contributed by atoms with E-state index in [0.717, 1.165) is 21.0 Å². The molecule has 9 heteroatoms. The van der Waals surface area contributed by atoms with Crippen LogP contribution in [0.4, 0.5) is 5.69 Å². The number of hydrogen-bond donors (Lipinski definition) is 1. The van der Waals surface area contributed by atoms with E-state index in [2.05, 4.69) is 5.32 Å². The Morgan fingerprint density at radius 3 is 1.95 bits per heavy atom. The van der Waals surface area contributed by atoms with Crippen LogP contribution >= 0.6 is 0 Å². The summed E-state index contributed by atoms with van der Waals surface area (Å²) in [6.07, 6.45) is 0.258. The summed E-state index contributed by atoms with van der Waals surface area (Å²) in [6.45, 7) is 5.31. The maximum absolute atomic E-state index is 14.4. The Morgan fingerprint density at radius 1 is 0.795 bits per heavy atom. The molecule has 0 aliphatic heterocycles. The number of sulfonamides is 1. The van der Waals surface area contributed by atoms with Gasteiger partial charge in [0.05, 0.1) is 17.7 Å². The lowest BCUT2D eigenvalue weighted by Crippen LogP contribution is -2.54. The minimum absolute atomic E-state index is 0.0124. The highest BCUT2D eigenvalue weighted by molar-refractivity contribution is 7.92. The number of amides is 2. The van der Waals surface area contributed by atoms with Crippen molar-refractivity contribution in [3.63, 3.8) is 0 Å². The SMILES string of the molecule is COc1ccc(S(=O)(=O)N(CC(=O)N(Cc2ccc(C)cc2)C(Cc2ccccc2)C(=O)NC(C)C)c2ccccc2)cc1. The van der Waals surface area contributed by atoms with Crippen molar-refractivity contribution in [1.82, 2.24) is 10.2 Å².